The van der Waals surface area contributed by atoms with Gasteiger partial charge in [-0.2, -0.15) is 4.52 Å². The fourth-order valence-corrected chi connectivity index (χ4v) is 5.83. The number of fused-ring (bicyclic) bond motifs is 2. The average molecular weight is 431 g/mol. The van der Waals surface area contributed by atoms with Crippen LogP contribution in [0.25, 0.3) is 15.9 Å². The van der Waals surface area contributed by atoms with E-state index in [1.807, 2.05) is 24.3 Å². The summed E-state index contributed by atoms with van der Waals surface area (Å²) < 4.78 is 1.38. The van der Waals surface area contributed by atoms with Gasteiger partial charge in [-0.25, -0.2) is 4.98 Å². The maximum Gasteiger partial charge on any atom is 0.283 e. The predicted octanol–water partition coefficient (Wildman–Crippen LogP) is 3.96. The van der Waals surface area contributed by atoms with Crippen LogP contribution in [0.5, 0.6) is 0 Å². The van der Waals surface area contributed by atoms with Crippen LogP contribution in [0, 0.1) is 0 Å². The molecule has 6 rings (SSSR count). The third-order valence-electron chi connectivity index (χ3n) is 6.71. The monoisotopic (exact) mass is 430 g/mol. The van der Waals surface area contributed by atoms with Gasteiger partial charge in [-0.15, -0.1) is 5.10 Å². The molecular formula is C24H22N4O2S. The van der Waals surface area contributed by atoms with E-state index in [1.165, 1.54) is 21.4 Å². The lowest BCUT2D eigenvalue weighted by Crippen LogP contribution is -2.37. The molecule has 1 atom stereocenters. The number of nitrogens with zero attached hydrogens (tertiary/aromatic N) is 4. The second-order valence-corrected chi connectivity index (χ2v) is 9.59. The Balaban J connectivity index is 1.31. The normalized spacial score (nSPS) is 19.9. The van der Waals surface area contributed by atoms with Crippen LogP contribution in [0.15, 0.2) is 59.4 Å². The average Bonchev–Trinajstić information content (AvgIpc) is 3.22. The van der Waals surface area contributed by atoms with Crippen molar-refractivity contribution in [3.05, 3.63) is 70.5 Å². The maximum absolute atomic E-state index is 13.4. The molecule has 2 aliphatic rings. The molecule has 0 amide bonds. The van der Waals surface area contributed by atoms with Gasteiger partial charge in [-0.1, -0.05) is 53.8 Å². The number of rotatable bonds is 5. The Morgan fingerprint density at radius 1 is 1.10 bits per heavy atom. The number of para-hydroxylation sites is 1. The fraction of sp³-hybridized carbons (Fsp3) is 0.333. The largest absolute Gasteiger partial charge is 0.337 e. The summed E-state index contributed by atoms with van der Waals surface area (Å²) in [6.45, 7) is 0.781. The first-order valence-electron chi connectivity index (χ1n) is 10.8. The van der Waals surface area contributed by atoms with Gasteiger partial charge in [-0.3, -0.25) is 9.59 Å². The van der Waals surface area contributed by atoms with Gasteiger partial charge in [0.25, 0.3) is 5.56 Å². The number of aromatic nitrogens is 3. The highest BCUT2D eigenvalue weighted by atomic mass is 32.1. The van der Waals surface area contributed by atoms with E-state index in [0.29, 0.717) is 27.4 Å². The molecule has 3 heterocycles. The van der Waals surface area contributed by atoms with Gasteiger partial charge in [0.05, 0.1) is 16.9 Å². The lowest BCUT2D eigenvalue weighted by Gasteiger charge is -2.24. The molecule has 2 aromatic heterocycles. The van der Waals surface area contributed by atoms with E-state index in [2.05, 4.69) is 39.2 Å². The van der Waals surface area contributed by atoms with Crippen LogP contribution in [0.2, 0.25) is 0 Å². The minimum Gasteiger partial charge on any atom is -0.337 e. The summed E-state index contributed by atoms with van der Waals surface area (Å²) in [6, 6.07) is 17.6. The lowest BCUT2D eigenvalue weighted by atomic mass is 9.88. The number of anilines is 1. The summed E-state index contributed by atoms with van der Waals surface area (Å²) in [6.07, 6.45) is 4.51. The molecular weight excluding hydrogens is 408 g/mol. The van der Waals surface area contributed by atoms with Crippen molar-refractivity contribution >= 4 is 38.1 Å². The molecule has 1 aliphatic heterocycles. The number of hydrogen-bond donors (Lipinski definition) is 0. The quantitative estimate of drug-likeness (QED) is 0.479. The van der Waals surface area contributed by atoms with Crippen LogP contribution in [0.1, 0.15) is 37.7 Å². The van der Waals surface area contributed by atoms with Crippen LogP contribution in [0.3, 0.4) is 0 Å². The number of benzene rings is 2. The van der Waals surface area contributed by atoms with Crippen molar-refractivity contribution < 1.29 is 4.79 Å². The number of carbonyl (C=O) groups is 1. The van der Waals surface area contributed by atoms with Gasteiger partial charge in [0, 0.05) is 18.4 Å². The van der Waals surface area contributed by atoms with E-state index in [1.54, 1.807) is 6.07 Å². The van der Waals surface area contributed by atoms with E-state index in [0.717, 1.165) is 32.2 Å². The summed E-state index contributed by atoms with van der Waals surface area (Å²) in [7, 11) is 0. The molecule has 31 heavy (non-hydrogen) atoms. The molecule has 0 unspecified atom stereocenters. The standard InChI is InChI=1S/C24H22N4O2S/c29-20(15-24(12-13-24)16-7-2-1-3-8-16)19-11-6-14-27(19)23-26-28-21(30)17-9-4-5-10-18(17)25-22(28)31-23/h1-5,7-10,19H,6,11-15H2/t19-/m1/s1. The van der Waals surface area contributed by atoms with E-state index in [-0.39, 0.29) is 22.8 Å². The van der Waals surface area contributed by atoms with E-state index < -0.39 is 0 Å². The molecule has 1 aliphatic carbocycles. The Kier molecular flexibility index (Phi) is 4.21. The van der Waals surface area contributed by atoms with Gasteiger partial charge >= 0.3 is 0 Å². The first-order valence-corrected chi connectivity index (χ1v) is 11.6. The summed E-state index contributed by atoms with van der Waals surface area (Å²) in [5, 5.41) is 5.85. The molecule has 1 saturated carbocycles. The van der Waals surface area contributed by atoms with Gasteiger partial charge in [-0.05, 0) is 43.4 Å². The molecule has 0 N–H and O–H groups in total. The van der Waals surface area contributed by atoms with Crippen LogP contribution in [-0.4, -0.2) is 33.0 Å². The second-order valence-electron chi connectivity index (χ2n) is 8.65. The number of ketones is 1. The van der Waals surface area contributed by atoms with Crippen molar-refractivity contribution in [1.29, 1.82) is 0 Å². The zero-order chi connectivity index (χ0) is 21.0. The highest BCUT2D eigenvalue weighted by Gasteiger charge is 2.47. The predicted molar refractivity (Wildman–Crippen MR) is 122 cm³/mol. The SMILES string of the molecule is O=C(CC1(c2ccccc2)CC1)[C@H]1CCCN1c1nn2c(=O)c3ccccc3nc2s1. The van der Waals surface area contributed by atoms with Crippen LogP contribution < -0.4 is 10.5 Å². The minimum absolute atomic E-state index is 0.0103. The highest BCUT2D eigenvalue weighted by molar-refractivity contribution is 7.20. The zero-order valence-corrected chi connectivity index (χ0v) is 17.8. The summed E-state index contributed by atoms with van der Waals surface area (Å²) in [5.74, 6) is 0.281. The molecule has 4 aromatic rings. The molecule has 0 spiro atoms. The molecule has 7 heteroatoms. The second kappa shape index (κ2) is 6.99. The van der Waals surface area contributed by atoms with Crippen molar-refractivity contribution in [2.75, 3.05) is 11.4 Å². The molecule has 1 saturated heterocycles. The molecule has 2 aromatic carbocycles. The number of hydrogen-bond acceptors (Lipinski definition) is 6. The van der Waals surface area contributed by atoms with Gasteiger partial charge in [0.1, 0.15) is 0 Å². The van der Waals surface area contributed by atoms with Crippen molar-refractivity contribution in [2.45, 2.75) is 43.6 Å². The number of carbonyl (C=O) groups excluding carboxylic acids is 1. The highest BCUT2D eigenvalue weighted by Crippen LogP contribution is 2.51. The Morgan fingerprint density at radius 2 is 1.87 bits per heavy atom. The Hall–Kier alpha value is -3.06. The van der Waals surface area contributed by atoms with E-state index in [9.17, 15) is 9.59 Å². The molecule has 6 nitrogen and oxygen atoms in total. The number of Topliss-reactive ketones (excluding diaryl/α,β-unsaturated/α-hetero) is 1. The van der Waals surface area contributed by atoms with Gasteiger partial charge < -0.3 is 4.90 Å². The van der Waals surface area contributed by atoms with Crippen molar-refractivity contribution in [3.63, 3.8) is 0 Å². The lowest BCUT2D eigenvalue weighted by molar-refractivity contribution is -0.120. The first kappa shape index (κ1) is 18.7. The van der Waals surface area contributed by atoms with Crippen LogP contribution in [0.4, 0.5) is 5.13 Å². The third-order valence-corrected chi connectivity index (χ3v) is 7.66. The Labute approximate surface area is 183 Å². The van der Waals surface area contributed by atoms with E-state index >= 15 is 0 Å². The Morgan fingerprint density at radius 3 is 2.68 bits per heavy atom. The summed E-state index contributed by atoms with van der Waals surface area (Å²) in [4.78, 5) is 33.5. The third kappa shape index (κ3) is 3.07. The molecule has 156 valence electrons. The maximum atomic E-state index is 13.4. The zero-order valence-electron chi connectivity index (χ0n) is 17.0. The molecule has 0 radical (unpaired) electrons. The van der Waals surface area contributed by atoms with Crippen molar-refractivity contribution in [3.8, 4) is 0 Å². The van der Waals surface area contributed by atoms with Crippen molar-refractivity contribution in [1.82, 2.24) is 14.6 Å². The van der Waals surface area contributed by atoms with Gasteiger partial charge in [0.2, 0.25) is 10.1 Å². The van der Waals surface area contributed by atoms with Crippen LogP contribution in [-0.2, 0) is 10.2 Å². The molecule has 0 bridgehead atoms. The Bertz CT molecular complexity index is 1360. The van der Waals surface area contributed by atoms with Crippen molar-refractivity contribution in [2.24, 2.45) is 0 Å². The van der Waals surface area contributed by atoms with Gasteiger partial charge in [0.15, 0.2) is 5.78 Å². The minimum atomic E-state index is -0.174. The topological polar surface area (TPSA) is 67.6 Å². The van der Waals surface area contributed by atoms with E-state index in [4.69, 9.17) is 0 Å². The molecule has 2 fully saturated rings. The smallest absolute Gasteiger partial charge is 0.283 e. The first-order chi connectivity index (χ1) is 15.1. The summed E-state index contributed by atoms with van der Waals surface area (Å²) in [5.41, 5.74) is 1.80. The fourth-order valence-electron chi connectivity index (χ4n) is 4.85. The summed E-state index contributed by atoms with van der Waals surface area (Å²) >= 11 is 1.39. The van der Waals surface area contributed by atoms with Crippen LogP contribution >= 0.6 is 11.3 Å².